The fourth-order valence-corrected chi connectivity index (χ4v) is 3.29. The van der Waals surface area contributed by atoms with Crippen molar-refractivity contribution in [3.05, 3.63) is 53.1 Å². The third kappa shape index (κ3) is 5.13. The molecule has 2 aromatic carbocycles. The Bertz CT molecular complexity index is 922. The zero-order valence-electron chi connectivity index (χ0n) is 13.6. The summed E-state index contributed by atoms with van der Waals surface area (Å²) in [4.78, 5) is 11.4. The number of hydrogen-bond donors (Lipinski definition) is 2. The SMILES string of the molecule is COc1ccc(NC(=O)CCNS(=O)(=O)c2ccc(F)c(F)c2)cc1Cl. The maximum absolute atomic E-state index is 13.1. The van der Waals surface area contributed by atoms with Crippen molar-refractivity contribution in [2.24, 2.45) is 0 Å². The maximum atomic E-state index is 13.1. The minimum Gasteiger partial charge on any atom is -0.495 e. The third-order valence-electron chi connectivity index (χ3n) is 3.28. The van der Waals surface area contributed by atoms with Crippen molar-refractivity contribution in [3.8, 4) is 5.75 Å². The Morgan fingerprint density at radius 2 is 1.88 bits per heavy atom. The van der Waals surface area contributed by atoms with Crippen LogP contribution in [0.4, 0.5) is 14.5 Å². The summed E-state index contributed by atoms with van der Waals surface area (Å²) >= 11 is 5.94. The van der Waals surface area contributed by atoms with E-state index in [1.807, 2.05) is 0 Å². The Kier molecular flexibility index (Phi) is 6.52. The van der Waals surface area contributed by atoms with E-state index in [1.54, 1.807) is 12.1 Å². The fraction of sp³-hybridized carbons (Fsp3) is 0.188. The Morgan fingerprint density at radius 3 is 2.50 bits per heavy atom. The Morgan fingerprint density at radius 1 is 1.15 bits per heavy atom. The average molecular weight is 405 g/mol. The van der Waals surface area contributed by atoms with Crippen LogP contribution in [-0.4, -0.2) is 28.0 Å². The molecule has 0 fully saturated rings. The smallest absolute Gasteiger partial charge is 0.240 e. The molecule has 6 nitrogen and oxygen atoms in total. The van der Waals surface area contributed by atoms with Crippen LogP contribution in [0.15, 0.2) is 41.3 Å². The van der Waals surface area contributed by atoms with Gasteiger partial charge in [0.15, 0.2) is 11.6 Å². The number of hydrogen-bond acceptors (Lipinski definition) is 4. The molecule has 2 rings (SSSR count). The van der Waals surface area contributed by atoms with Gasteiger partial charge in [0.05, 0.1) is 17.0 Å². The molecule has 10 heteroatoms. The number of benzene rings is 2. The highest BCUT2D eigenvalue weighted by molar-refractivity contribution is 7.89. The van der Waals surface area contributed by atoms with E-state index in [0.717, 1.165) is 6.07 Å². The second kappa shape index (κ2) is 8.43. The first-order chi connectivity index (χ1) is 12.2. The van der Waals surface area contributed by atoms with Crippen LogP contribution in [-0.2, 0) is 14.8 Å². The van der Waals surface area contributed by atoms with Gasteiger partial charge in [-0.3, -0.25) is 4.79 Å². The van der Waals surface area contributed by atoms with Crippen molar-refractivity contribution in [1.82, 2.24) is 4.72 Å². The summed E-state index contributed by atoms with van der Waals surface area (Å²) in [5.74, 6) is -2.44. The normalized spacial score (nSPS) is 11.2. The molecule has 26 heavy (non-hydrogen) atoms. The van der Waals surface area contributed by atoms with Gasteiger partial charge in [-0.25, -0.2) is 21.9 Å². The summed E-state index contributed by atoms with van der Waals surface area (Å²) < 4.78 is 57.1. The Balaban J connectivity index is 1.91. The van der Waals surface area contributed by atoms with E-state index in [-0.39, 0.29) is 13.0 Å². The molecule has 0 saturated heterocycles. The highest BCUT2D eigenvalue weighted by Crippen LogP contribution is 2.27. The van der Waals surface area contributed by atoms with E-state index >= 15 is 0 Å². The number of amides is 1. The number of halogens is 3. The van der Waals surface area contributed by atoms with Crippen LogP contribution in [0.3, 0.4) is 0 Å². The molecule has 0 atom stereocenters. The average Bonchev–Trinajstić information content (AvgIpc) is 2.57. The van der Waals surface area contributed by atoms with Crippen LogP contribution < -0.4 is 14.8 Å². The topological polar surface area (TPSA) is 84.5 Å². The minimum atomic E-state index is -4.06. The molecule has 0 aliphatic rings. The van der Waals surface area contributed by atoms with Gasteiger partial charge >= 0.3 is 0 Å². The summed E-state index contributed by atoms with van der Waals surface area (Å²) in [6.45, 7) is -0.225. The summed E-state index contributed by atoms with van der Waals surface area (Å²) in [6.07, 6.45) is -0.174. The van der Waals surface area contributed by atoms with Gasteiger partial charge in [0.1, 0.15) is 5.75 Å². The van der Waals surface area contributed by atoms with Gasteiger partial charge < -0.3 is 10.1 Å². The first-order valence-electron chi connectivity index (χ1n) is 7.31. The molecule has 140 valence electrons. The minimum absolute atomic E-state index is 0.174. The molecule has 0 bridgehead atoms. The van der Waals surface area contributed by atoms with E-state index in [0.29, 0.717) is 28.6 Å². The second-order valence-electron chi connectivity index (χ2n) is 5.12. The number of rotatable bonds is 7. The molecule has 0 saturated carbocycles. The molecular formula is C16H15ClF2N2O4S. The van der Waals surface area contributed by atoms with Gasteiger partial charge in [-0.2, -0.15) is 0 Å². The van der Waals surface area contributed by atoms with Gasteiger partial charge in [-0.1, -0.05) is 11.6 Å². The number of ether oxygens (including phenoxy) is 1. The van der Waals surface area contributed by atoms with Gasteiger partial charge in [0, 0.05) is 18.7 Å². The molecular weight excluding hydrogens is 390 g/mol. The van der Waals surface area contributed by atoms with E-state index in [1.165, 1.54) is 13.2 Å². The Hall–Kier alpha value is -2.23. The standard InChI is InChI=1S/C16H15ClF2N2O4S/c1-25-15-5-2-10(8-12(15)17)21-16(22)6-7-20-26(23,24)11-3-4-13(18)14(19)9-11/h2-5,8-9,20H,6-7H2,1H3,(H,21,22). The number of nitrogens with one attached hydrogen (secondary N) is 2. The van der Waals surface area contributed by atoms with Crippen molar-refractivity contribution >= 4 is 33.2 Å². The van der Waals surface area contributed by atoms with Crippen molar-refractivity contribution in [3.63, 3.8) is 0 Å². The molecule has 2 N–H and O–H groups in total. The van der Waals surface area contributed by atoms with Crippen LogP contribution in [0.1, 0.15) is 6.42 Å². The monoisotopic (exact) mass is 404 g/mol. The van der Waals surface area contributed by atoms with Crippen LogP contribution >= 0.6 is 11.6 Å². The van der Waals surface area contributed by atoms with E-state index < -0.39 is 32.5 Å². The number of carbonyl (C=O) groups is 1. The lowest BCUT2D eigenvalue weighted by Crippen LogP contribution is -2.28. The molecule has 0 radical (unpaired) electrons. The van der Waals surface area contributed by atoms with Gasteiger partial charge in [0.2, 0.25) is 15.9 Å². The lowest BCUT2D eigenvalue weighted by Gasteiger charge is -2.09. The summed E-state index contributed by atoms with van der Waals surface area (Å²) in [6, 6.07) is 6.85. The molecule has 1 amide bonds. The van der Waals surface area contributed by atoms with Crippen molar-refractivity contribution in [2.45, 2.75) is 11.3 Å². The van der Waals surface area contributed by atoms with Crippen LogP contribution in [0, 0.1) is 11.6 Å². The first-order valence-corrected chi connectivity index (χ1v) is 9.17. The zero-order valence-corrected chi connectivity index (χ0v) is 15.1. The van der Waals surface area contributed by atoms with Gasteiger partial charge in [0.25, 0.3) is 0 Å². The number of methoxy groups -OCH3 is 1. The molecule has 0 spiro atoms. The number of anilines is 1. The van der Waals surface area contributed by atoms with Gasteiger partial charge in [-0.15, -0.1) is 0 Å². The Labute approximate surface area is 154 Å². The highest BCUT2D eigenvalue weighted by Gasteiger charge is 2.16. The molecule has 2 aromatic rings. The molecule has 0 heterocycles. The highest BCUT2D eigenvalue weighted by atomic mass is 35.5. The lowest BCUT2D eigenvalue weighted by atomic mass is 10.3. The molecule has 0 aliphatic carbocycles. The summed E-state index contributed by atoms with van der Waals surface area (Å²) in [5.41, 5.74) is 0.421. The van der Waals surface area contributed by atoms with E-state index in [4.69, 9.17) is 16.3 Å². The molecule has 0 aromatic heterocycles. The van der Waals surface area contributed by atoms with Crippen molar-refractivity contribution in [1.29, 1.82) is 0 Å². The van der Waals surface area contributed by atoms with E-state index in [9.17, 15) is 22.0 Å². The number of carbonyl (C=O) groups excluding carboxylic acids is 1. The summed E-state index contributed by atoms with van der Waals surface area (Å²) in [7, 11) is -2.60. The fourth-order valence-electron chi connectivity index (χ4n) is 1.99. The zero-order chi connectivity index (χ0) is 19.3. The van der Waals surface area contributed by atoms with Crippen LogP contribution in [0.2, 0.25) is 5.02 Å². The lowest BCUT2D eigenvalue weighted by molar-refractivity contribution is -0.116. The van der Waals surface area contributed by atoms with Gasteiger partial charge in [-0.05, 0) is 36.4 Å². The predicted octanol–water partition coefficient (Wildman–Crippen LogP) is 2.93. The quantitative estimate of drug-likeness (QED) is 0.743. The first kappa shape index (κ1) is 20.1. The number of sulfonamides is 1. The third-order valence-corrected chi connectivity index (χ3v) is 5.04. The van der Waals surface area contributed by atoms with Crippen molar-refractivity contribution < 1.29 is 26.7 Å². The van der Waals surface area contributed by atoms with Crippen molar-refractivity contribution in [2.75, 3.05) is 19.0 Å². The summed E-state index contributed by atoms with van der Waals surface area (Å²) in [5, 5.41) is 2.86. The predicted molar refractivity (Wildman–Crippen MR) is 92.8 cm³/mol. The second-order valence-corrected chi connectivity index (χ2v) is 7.30. The van der Waals surface area contributed by atoms with E-state index in [2.05, 4.69) is 10.0 Å². The molecule has 0 aliphatic heterocycles. The maximum Gasteiger partial charge on any atom is 0.240 e. The van der Waals surface area contributed by atoms with Crippen LogP contribution in [0.25, 0.3) is 0 Å². The van der Waals surface area contributed by atoms with Crippen LogP contribution in [0.5, 0.6) is 5.75 Å². The molecule has 0 unspecified atom stereocenters. The largest absolute Gasteiger partial charge is 0.495 e.